The first-order valence-electron chi connectivity index (χ1n) is 7.83. The number of anilines is 1. The summed E-state index contributed by atoms with van der Waals surface area (Å²) in [5.74, 6) is -1.03. The number of nitrogens with zero attached hydrogens (tertiary/aromatic N) is 1. The van der Waals surface area contributed by atoms with Crippen LogP contribution in [0.25, 0.3) is 11.3 Å². The molecule has 0 saturated carbocycles. The van der Waals surface area contributed by atoms with Crippen LogP contribution in [0.15, 0.2) is 46.2 Å². The number of carbonyl (C=O) groups is 2. The van der Waals surface area contributed by atoms with Crippen molar-refractivity contribution in [3.05, 3.63) is 59.0 Å². The predicted octanol–water partition coefficient (Wildman–Crippen LogP) is 3.90. The Morgan fingerprint density at radius 2 is 2.08 bits per heavy atom. The standard InChI is InChI=1S/C18H15FN2O4S/c1-2-24-16(22)9-11-10-26-18(20-11)21-17(23)15-8-7-14(25-15)12-5-3-4-6-13(12)19/h3-8,10H,2,9H2,1H3,(H,20,21,23). The third-order valence-corrected chi connectivity index (χ3v) is 4.18. The zero-order valence-corrected chi connectivity index (χ0v) is 14.6. The Balaban J connectivity index is 1.67. The molecule has 0 radical (unpaired) electrons. The van der Waals surface area contributed by atoms with Crippen LogP contribution in [-0.4, -0.2) is 23.5 Å². The maximum absolute atomic E-state index is 13.8. The number of amides is 1. The average molecular weight is 374 g/mol. The van der Waals surface area contributed by atoms with Crippen LogP contribution in [0.5, 0.6) is 0 Å². The number of aromatic nitrogens is 1. The lowest BCUT2D eigenvalue weighted by Crippen LogP contribution is -2.11. The highest BCUT2D eigenvalue weighted by Crippen LogP contribution is 2.25. The highest BCUT2D eigenvalue weighted by molar-refractivity contribution is 7.14. The van der Waals surface area contributed by atoms with Crippen LogP contribution in [0.3, 0.4) is 0 Å². The van der Waals surface area contributed by atoms with Crippen LogP contribution < -0.4 is 5.32 Å². The van der Waals surface area contributed by atoms with Crippen LogP contribution >= 0.6 is 11.3 Å². The zero-order chi connectivity index (χ0) is 18.5. The lowest BCUT2D eigenvalue weighted by molar-refractivity contribution is -0.142. The Morgan fingerprint density at radius 3 is 2.85 bits per heavy atom. The molecule has 1 amide bonds. The summed E-state index contributed by atoms with van der Waals surface area (Å²) >= 11 is 1.19. The Bertz CT molecular complexity index is 935. The van der Waals surface area contributed by atoms with Gasteiger partial charge in [-0.2, -0.15) is 0 Å². The fraction of sp³-hybridized carbons (Fsp3) is 0.167. The predicted molar refractivity (Wildman–Crippen MR) is 94.5 cm³/mol. The van der Waals surface area contributed by atoms with E-state index in [-0.39, 0.29) is 29.5 Å². The lowest BCUT2D eigenvalue weighted by Gasteiger charge is -2.00. The van der Waals surface area contributed by atoms with E-state index in [1.165, 1.54) is 29.5 Å². The molecule has 0 saturated heterocycles. The number of thiazole rings is 1. The summed E-state index contributed by atoms with van der Waals surface area (Å²) in [5.41, 5.74) is 0.785. The quantitative estimate of drug-likeness (QED) is 0.662. The van der Waals surface area contributed by atoms with E-state index < -0.39 is 11.7 Å². The van der Waals surface area contributed by atoms with Crippen molar-refractivity contribution in [2.45, 2.75) is 13.3 Å². The molecule has 3 aromatic rings. The Kier molecular flexibility index (Phi) is 5.43. The van der Waals surface area contributed by atoms with Gasteiger partial charge in [0.25, 0.3) is 5.91 Å². The van der Waals surface area contributed by atoms with Crippen molar-refractivity contribution >= 4 is 28.3 Å². The summed E-state index contributed by atoms with van der Waals surface area (Å²) in [5, 5.41) is 4.59. The molecule has 0 aliphatic heterocycles. The van der Waals surface area contributed by atoms with Crippen molar-refractivity contribution < 1.29 is 23.1 Å². The summed E-state index contributed by atoms with van der Waals surface area (Å²) in [4.78, 5) is 27.9. The fourth-order valence-corrected chi connectivity index (χ4v) is 2.94. The van der Waals surface area contributed by atoms with Gasteiger partial charge < -0.3 is 9.15 Å². The number of hydrogen-bond donors (Lipinski definition) is 1. The molecular formula is C18H15FN2O4S. The van der Waals surface area contributed by atoms with Crippen molar-refractivity contribution in [1.82, 2.24) is 4.98 Å². The van der Waals surface area contributed by atoms with E-state index in [1.807, 2.05) is 0 Å². The minimum atomic E-state index is -0.510. The number of benzene rings is 1. The van der Waals surface area contributed by atoms with Crippen LogP contribution in [0.1, 0.15) is 23.2 Å². The van der Waals surface area contributed by atoms with Crippen molar-refractivity contribution in [1.29, 1.82) is 0 Å². The van der Waals surface area contributed by atoms with Crippen molar-refractivity contribution in [2.24, 2.45) is 0 Å². The third-order valence-electron chi connectivity index (χ3n) is 3.37. The second kappa shape index (κ2) is 7.92. The molecule has 0 aliphatic carbocycles. The third kappa shape index (κ3) is 4.15. The molecule has 0 bridgehead atoms. The molecule has 8 heteroatoms. The molecule has 134 valence electrons. The normalized spacial score (nSPS) is 10.5. The van der Waals surface area contributed by atoms with E-state index >= 15 is 0 Å². The van der Waals surface area contributed by atoms with Gasteiger partial charge in [0.05, 0.1) is 24.3 Å². The summed E-state index contributed by atoms with van der Waals surface area (Å²) in [7, 11) is 0. The van der Waals surface area contributed by atoms with E-state index in [9.17, 15) is 14.0 Å². The number of esters is 1. The first kappa shape index (κ1) is 17.8. The number of rotatable bonds is 6. The molecule has 6 nitrogen and oxygen atoms in total. The van der Waals surface area contributed by atoms with Gasteiger partial charge in [-0.1, -0.05) is 12.1 Å². The smallest absolute Gasteiger partial charge is 0.311 e. The van der Waals surface area contributed by atoms with Gasteiger partial charge in [0, 0.05) is 5.38 Å². The number of ether oxygens (including phenoxy) is 1. The largest absolute Gasteiger partial charge is 0.466 e. The highest BCUT2D eigenvalue weighted by Gasteiger charge is 2.16. The molecule has 2 aromatic heterocycles. The molecule has 1 N–H and O–H groups in total. The SMILES string of the molecule is CCOC(=O)Cc1csc(NC(=O)c2ccc(-c3ccccc3F)o2)n1. The molecule has 0 spiro atoms. The number of furan rings is 1. The number of hydrogen-bond acceptors (Lipinski definition) is 6. The second-order valence-electron chi connectivity index (χ2n) is 5.22. The van der Waals surface area contributed by atoms with Gasteiger partial charge >= 0.3 is 5.97 Å². The average Bonchev–Trinajstić information content (AvgIpc) is 3.25. The number of nitrogens with one attached hydrogen (secondary N) is 1. The number of carbonyl (C=O) groups excluding carboxylic acids is 2. The summed E-state index contributed by atoms with van der Waals surface area (Å²) in [6.45, 7) is 2.03. The highest BCUT2D eigenvalue weighted by atomic mass is 32.1. The maximum atomic E-state index is 13.8. The lowest BCUT2D eigenvalue weighted by atomic mass is 10.1. The van der Waals surface area contributed by atoms with Crippen LogP contribution in [0.4, 0.5) is 9.52 Å². The molecule has 26 heavy (non-hydrogen) atoms. The molecule has 2 heterocycles. The fourth-order valence-electron chi connectivity index (χ4n) is 2.23. The molecule has 0 fully saturated rings. The van der Waals surface area contributed by atoms with Gasteiger partial charge in [0.15, 0.2) is 10.9 Å². The summed E-state index contributed by atoms with van der Waals surface area (Å²) in [6, 6.07) is 9.13. The minimum absolute atomic E-state index is 0.0328. The molecule has 1 aromatic carbocycles. The summed E-state index contributed by atoms with van der Waals surface area (Å²) < 4.78 is 24.1. The monoisotopic (exact) mass is 374 g/mol. The molecule has 0 unspecified atom stereocenters. The Labute approximate surface area is 152 Å². The van der Waals surface area contributed by atoms with Gasteiger partial charge in [-0.25, -0.2) is 9.37 Å². The van der Waals surface area contributed by atoms with E-state index in [0.29, 0.717) is 17.4 Å². The Hall–Kier alpha value is -3.00. The second-order valence-corrected chi connectivity index (χ2v) is 6.08. The first-order valence-corrected chi connectivity index (χ1v) is 8.71. The molecule has 0 atom stereocenters. The number of halogens is 1. The van der Waals surface area contributed by atoms with E-state index in [0.717, 1.165) is 0 Å². The van der Waals surface area contributed by atoms with E-state index in [1.54, 1.807) is 30.5 Å². The van der Waals surface area contributed by atoms with Crippen molar-refractivity contribution in [3.8, 4) is 11.3 Å². The van der Waals surface area contributed by atoms with Gasteiger partial charge in [-0.15, -0.1) is 11.3 Å². The van der Waals surface area contributed by atoms with Crippen LogP contribution in [-0.2, 0) is 16.0 Å². The van der Waals surface area contributed by atoms with Crippen molar-refractivity contribution in [2.75, 3.05) is 11.9 Å². The van der Waals surface area contributed by atoms with Gasteiger partial charge in [0.2, 0.25) is 0 Å². The minimum Gasteiger partial charge on any atom is -0.466 e. The Morgan fingerprint density at radius 1 is 1.27 bits per heavy atom. The van der Waals surface area contributed by atoms with Gasteiger partial charge in [-0.05, 0) is 31.2 Å². The van der Waals surface area contributed by atoms with Gasteiger partial charge in [-0.3, -0.25) is 14.9 Å². The van der Waals surface area contributed by atoms with Crippen LogP contribution in [0, 0.1) is 5.82 Å². The summed E-state index contributed by atoms with van der Waals surface area (Å²) in [6.07, 6.45) is 0.0401. The van der Waals surface area contributed by atoms with Crippen LogP contribution in [0.2, 0.25) is 0 Å². The molecule has 0 aliphatic rings. The van der Waals surface area contributed by atoms with E-state index in [4.69, 9.17) is 9.15 Å². The zero-order valence-electron chi connectivity index (χ0n) is 13.8. The first-order chi connectivity index (χ1) is 12.6. The topological polar surface area (TPSA) is 81.4 Å². The molecule has 3 rings (SSSR count). The van der Waals surface area contributed by atoms with E-state index in [2.05, 4.69) is 10.3 Å². The van der Waals surface area contributed by atoms with Crippen molar-refractivity contribution in [3.63, 3.8) is 0 Å². The van der Waals surface area contributed by atoms with Gasteiger partial charge in [0.1, 0.15) is 11.6 Å². The maximum Gasteiger partial charge on any atom is 0.311 e. The molecular weight excluding hydrogens is 359 g/mol.